The molecule has 0 spiro atoms. The van der Waals surface area contributed by atoms with Gasteiger partial charge in [-0.25, -0.2) is 0 Å². The van der Waals surface area contributed by atoms with E-state index in [1.54, 1.807) is 0 Å². The molecule has 0 aromatic rings. The third-order valence-corrected chi connectivity index (χ3v) is 2.34. The van der Waals surface area contributed by atoms with Crippen molar-refractivity contribution in [1.82, 2.24) is 0 Å². The zero-order valence-corrected chi connectivity index (χ0v) is 6.83. The first-order valence-corrected chi connectivity index (χ1v) is 4.41. The lowest BCUT2D eigenvalue weighted by Crippen LogP contribution is -2.26. The minimum Gasteiger partial charge on any atom is -0.328 e. The first-order valence-electron chi connectivity index (χ1n) is 4.41. The molecule has 1 saturated carbocycles. The Morgan fingerprint density at radius 2 is 1.91 bits per heavy atom. The minimum atomic E-state index is -0.00898. The molecule has 3 nitrogen and oxygen atoms in total. The fourth-order valence-electron chi connectivity index (χ4n) is 1.64. The molecule has 0 aliphatic heterocycles. The predicted molar refractivity (Wildman–Crippen MR) is 45.3 cm³/mol. The number of rotatable bonds is 1. The average molecular weight is 156 g/mol. The molecule has 0 aromatic heterocycles. The second-order valence-corrected chi connectivity index (χ2v) is 3.39. The molecule has 0 radical (unpaired) electrons. The average Bonchev–Trinajstić information content (AvgIpc) is 1.96. The highest BCUT2D eigenvalue weighted by Gasteiger charge is 2.15. The number of nitroso groups, excluding NO2 is 1. The number of hydrogen-bond acceptors (Lipinski definition) is 3. The van der Waals surface area contributed by atoms with E-state index in [4.69, 9.17) is 5.73 Å². The summed E-state index contributed by atoms with van der Waals surface area (Å²) < 4.78 is 0. The summed E-state index contributed by atoms with van der Waals surface area (Å²) in [5.74, 6) is 0. The molecule has 0 heterocycles. The summed E-state index contributed by atoms with van der Waals surface area (Å²) in [4.78, 5) is 10.3. The van der Waals surface area contributed by atoms with Crippen molar-refractivity contribution in [2.24, 2.45) is 10.9 Å². The number of nitrogens with two attached hydrogens (primary N) is 1. The third kappa shape index (κ3) is 2.97. The predicted octanol–water partition coefficient (Wildman–Crippen LogP) is 1.80. The monoisotopic (exact) mass is 156 g/mol. The van der Waals surface area contributed by atoms with Crippen molar-refractivity contribution in [2.45, 2.75) is 50.6 Å². The summed E-state index contributed by atoms with van der Waals surface area (Å²) in [6, 6.07) is 0.197. The van der Waals surface area contributed by atoms with Gasteiger partial charge in [0.25, 0.3) is 0 Å². The van der Waals surface area contributed by atoms with E-state index in [0.717, 1.165) is 25.7 Å². The molecule has 0 saturated heterocycles. The zero-order chi connectivity index (χ0) is 8.10. The van der Waals surface area contributed by atoms with Crippen LogP contribution >= 0.6 is 0 Å². The van der Waals surface area contributed by atoms with Gasteiger partial charge in [0.2, 0.25) is 0 Å². The van der Waals surface area contributed by atoms with Gasteiger partial charge in [0.1, 0.15) is 0 Å². The lowest BCUT2D eigenvalue weighted by molar-refractivity contribution is 0.412. The molecular formula is C8H16N2O. The van der Waals surface area contributed by atoms with E-state index in [0.29, 0.717) is 0 Å². The summed E-state index contributed by atoms with van der Waals surface area (Å²) in [5, 5.41) is 3.07. The Hall–Kier alpha value is -0.440. The van der Waals surface area contributed by atoms with Gasteiger partial charge in [-0.2, -0.15) is 4.91 Å². The van der Waals surface area contributed by atoms with Crippen LogP contribution in [0.3, 0.4) is 0 Å². The van der Waals surface area contributed by atoms with Crippen molar-refractivity contribution in [3.8, 4) is 0 Å². The smallest absolute Gasteiger partial charge is 0.0934 e. The van der Waals surface area contributed by atoms with E-state index in [1.165, 1.54) is 12.8 Å². The Morgan fingerprint density at radius 3 is 2.64 bits per heavy atom. The molecule has 2 unspecified atom stereocenters. The molecule has 3 heteroatoms. The Kier molecular flexibility index (Phi) is 3.49. The van der Waals surface area contributed by atoms with E-state index >= 15 is 0 Å². The van der Waals surface area contributed by atoms with E-state index in [9.17, 15) is 4.91 Å². The van der Waals surface area contributed by atoms with Gasteiger partial charge in [0.05, 0.1) is 6.04 Å². The second-order valence-electron chi connectivity index (χ2n) is 3.39. The van der Waals surface area contributed by atoms with Gasteiger partial charge in [0.15, 0.2) is 0 Å². The molecular weight excluding hydrogens is 140 g/mol. The van der Waals surface area contributed by atoms with Gasteiger partial charge in [-0.1, -0.05) is 24.4 Å². The van der Waals surface area contributed by atoms with Crippen LogP contribution in [0.5, 0.6) is 0 Å². The standard InChI is InChI=1S/C8H16N2O/c9-7-4-2-1-3-5-8(6-7)10-11/h7-8H,1-6,9H2. The lowest BCUT2D eigenvalue weighted by Gasteiger charge is -2.18. The van der Waals surface area contributed by atoms with Gasteiger partial charge in [-0.3, -0.25) is 0 Å². The molecule has 1 aliphatic carbocycles. The van der Waals surface area contributed by atoms with Crippen LogP contribution in [0.15, 0.2) is 5.18 Å². The highest BCUT2D eigenvalue weighted by molar-refractivity contribution is 4.75. The van der Waals surface area contributed by atoms with E-state index in [2.05, 4.69) is 5.18 Å². The van der Waals surface area contributed by atoms with Crippen molar-refractivity contribution in [3.05, 3.63) is 4.91 Å². The van der Waals surface area contributed by atoms with Crippen molar-refractivity contribution in [1.29, 1.82) is 0 Å². The molecule has 1 rings (SSSR count). The molecule has 0 bridgehead atoms. The van der Waals surface area contributed by atoms with Crippen LogP contribution in [0.2, 0.25) is 0 Å². The quantitative estimate of drug-likeness (QED) is 0.588. The van der Waals surface area contributed by atoms with Crippen LogP contribution in [0, 0.1) is 4.91 Å². The third-order valence-electron chi connectivity index (χ3n) is 2.34. The fourth-order valence-corrected chi connectivity index (χ4v) is 1.64. The fraction of sp³-hybridized carbons (Fsp3) is 1.00. The number of hydrogen-bond donors (Lipinski definition) is 1. The van der Waals surface area contributed by atoms with Crippen molar-refractivity contribution in [2.75, 3.05) is 0 Å². The highest BCUT2D eigenvalue weighted by atomic mass is 16.3. The summed E-state index contributed by atoms with van der Waals surface area (Å²) in [6.07, 6.45) is 6.36. The lowest BCUT2D eigenvalue weighted by atomic mass is 9.94. The Morgan fingerprint density at radius 1 is 1.18 bits per heavy atom. The van der Waals surface area contributed by atoms with Gasteiger partial charge in [0, 0.05) is 6.04 Å². The maximum Gasteiger partial charge on any atom is 0.0934 e. The van der Waals surface area contributed by atoms with Crippen LogP contribution in [-0.2, 0) is 0 Å². The van der Waals surface area contributed by atoms with Crippen LogP contribution < -0.4 is 5.73 Å². The zero-order valence-electron chi connectivity index (χ0n) is 6.83. The largest absolute Gasteiger partial charge is 0.328 e. The first-order chi connectivity index (χ1) is 5.33. The van der Waals surface area contributed by atoms with Gasteiger partial charge < -0.3 is 5.73 Å². The molecule has 11 heavy (non-hydrogen) atoms. The molecule has 0 amide bonds. The molecule has 1 fully saturated rings. The Bertz CT molecular complexity index is 127. The first kappa shape index (κ1) is 8.65. The van der Waals surface area contributed by atoms with E-state index in [1.807, 2.05) is 0 Å². The summed E-state index contributed by atoms with van der Waals surface area (Å²) in [5.41, 5.74) is 5.77. The molecule has 0 aromatic carbocycles. The summed E-state index contributed by atoms with van der Waals surface area (Å²) >= 11 is 0. The van der Waals surface area contributed by atoms with E-state index < -0.39 is 0 Å². The van der Waals surface area contributed by atoms with Crippen molar-refractivity contribution < 1.29 is 0 Å². The minimum absolute atomic E-state index is 0.00898. The Balaban J connectivity index is 2.34. The van der Waals surface area contributed by atoms with E-state index in [-0.39, 0.29) is 12.1 Å². The SMILES string of the molecule is NC1CCCCCC(N=O)C1. The topological polar surface area (TPSA) is 55.4 Å². The molecule has 2 atom stereocenters. The summed E-state index contributed by atoms with van der Waals surface area (Å²) in [6.45, 7) is 0. The van der Waals surface area contributed by atoms with Crippen LogP contribution in [0.1, 0.15) is 38.5 Å². The molecule has 64 valence electrons. The summed E-state index contributed by atoms with van der Waals surface area (Å²) in [7, 11) is 0. The number of nitrogens with zero attached hydrogens (tertiary/aromatic N) is 1. The van der Waals surface area contributed by atoms with Crippen molar-refractivity contribution in [3.63, 3.8) is 0 Å². The van der Waals surface area contributed by atoms with Gasteiger partial charge in [-0.05, 0) is 19.3 Å². The normalized spacial score (nSPS) is 33.9. The Labute approximate surface area is 67.3 Å². The van der Waals surface area contributed by atoms with Gasteiger partial charge in [-0.15, -0.1) is 0 Å². The van der Waals surface area contributed by atoms with Crippen LogP contribution in [-0.4, -0.2) is 12.1 Å². The maximum atomic E-state index is 10.3. The maximum absolute atomic E-state index is 10.3. The van der Waals surface area contributed by atoms with Gasteiger partial charge >= 0.3 is 0 Å². The van der Waals surface area contributed by atoms with Crippen molar-refractivity contribution >= 4 is 0 Å². The highest BCUT2D eigenvalue weighted by Crippen LogP contribution is 2.18. The van der Waals surface area contributed by atoms with Crippen LogP contribution in [0.4, 0.5) is 0 Å². The molecule has 2 N–H and O–H groups in total. The second kappa shape index (κ2) is 4.44. The van der Waals surface area contributed by atoms with Crippen LogP contribution in [0.25, 0.3) is 0 Å². The molecule has 1 aliphatic rings.